The number of halogens is 1. The van der Waals surface area contributed by atoms with Crippen LogP contribution in [0.5, 0.6) is 5.75 Å². The van der Waals surface area contributed by atoms with Crippen LogP contribution in [0.15, 0.2) is 76.2 Å². The maximum absolute atomic E-state index is 14.4. The highest BCUT2D eigenvalue weighted by molar-refractivity contribution is 5.92. The van der Waals surface area contributed by atoms with Gasteiger partial charge >= 0.3 is 5.91 Å². The van der Waals surface area contributed by atoms with E-state index in [1.165, 1.54) is 12.3 Å². The minimum atomic E-state index is -0.529. The van der Waals surface area contributed by atoms with Gasteiger partial charge in [-0.1, -0.05) is 0 Å². The largest absolute Gasteiger partial charge is 0.486 e. The Balaban J connectivity index is 1.13. The van der Waals surface area contributed by atoms with Crippen molar-refractivity contribution in [1.82, 2.24) is 9.99 Å². The number of carbonyl (C=O) groups is 1. The molecule has 2 aromatic carbocycles. The zero-order chi connectivity index (χ0) is 25.8. The van der Waals surface area contributed by atoms with Crippen molar-refractivity contribution in [2.45, 2.75) is 33.3 Å². The predicted octanol–water partition coefficient (Wildman–Crippen LogP) is 5.77. The molecule has 0 spiro atoms. The third-order valence-corrected chi connectivity index (χ3v) is 6.46. The van der Waals surface area contributed by atoms with E-state index >= 15 is 0 Å². The molecule has 190 valence electrons. The van der Waals surface area contributed by atoms with Crippen LogP contribution >= 0.6 is 0 Å². The van der Waals surface area contributed by atoms with Crippen molar-refractivity contribution in [3.05, 3.63) is 101 Å². The number of hydrogen-bond donors (Lipinski definition) is 1. The summed E-state index contributed by atoms with van der Waals surface area (Å²) < 4.78 is 28.0. The molecule has 0 aliphatic carbocycles. The van der Waals surface area contributed by atoms with Crippen LogP contribution in [0.4, 0.5) is 10.1 Å². The van der Waals surface area contributed by atoms with Crippen LogP contribution in [0, 0.1) is 19.7 Å². The lowest BCUT2D eigenvalue weighted by molar-refractivity contribution is 0.0923. The van der Waals surface area contributed by atoms with Gasteiger partial charge in [0.2, 0.25) is 0 Å². The van der Waals surface area contributed by atoms with Gasteiger partial charge in [-0.15, -0.1) is 0 Å². The van der Waals surface area contributed by atoms with Gasteiger partial charge in [0.1, 0.15) is 23.9 Å². The maximum Gasteiger partial charge on any atom is 0.307 e. The van der Waals surface area contributed by atoms with Crippen molar-refractivity contribution in [2.24, 2.45) is 5.10 Å². The molecular formula is C29H29FN4O3. The molecule has 0 unspecified atom stereocenters. The summed E-state index contributed by atoms with van der Waals surface area (Å²) in [6.07, 6.45) is 3.53. The summed E-state index contributed by atoms with van der Waals surface area (Å²) in [4.78, 5) is 14.5. The van der Waals surface area contributed by atoms with Gasteiger partial charge in [0.25, 0.3) is 0 Å². The van der Waals surface area contributed by atoms with Gasteiger partial charge < -0.3 is 18.6 Å². The maximum atomic E-state index is 14.4. The average Bonchev–Trinajstić information content (AvgIpc) is 3.66. The first-order valence-corrected chi connectivity index (χ1v) is 12.3. The Labute approximate surface area is 215 Å². The SMILES string of the molecule is Cc1ccc(C)n1-c1ccc(OCc2ccc(C(=O)N/N=C/c3ccc(N4CCCC4)cc3F)o2)cc1. The van der Waals surface area contributed by atoms with Gasteiger partial charge in [-0.25, -0.2) is 9.82 Å². The molecule has 2 aromatic heterocycles. The van der Waals surface area contributed by atoms with Gasteiger partial charge in [0, 0.05) is 41.4 Å². The van der Waals surface area contributed by atoms with Crippen molar-refractivity contribution >= 4 is 17.8 Å². The Hall–Kier alpha value is -4.33. The number of nitrogens with one attached hydrogen (secondary N) is 1. The summed E-state index contributed by atoms with van der Waals surface area (Å²) in [5.41, 5.74) is 6.93. The highest BCUT2D eigenvalue weighted by Crippen LogP contribution is 2.23. The van der Waals surface area contributed by atoms with Crippen LogP contribution in [0.3, 0.4) is 0 Å². The Morgan fingerprint density at radius 1 is 1.00 bits per heavy atom. The van der Waals surface area contributed by atoms with Gasteiger partial charge in [-0.2, -0.15) is 5.10 Å². The van der Waals surface area contributed by atoms with Crippen LogP contribution in [0.1, 0.15) is 46.1 Å². The number of aryl methyl sites for hydroxylation is 2. The first-order valence-electron chi connectivity index (χ1n) is 12.3. The number of aromatic nitrogens is 1. The highest BCUT2D eigenvalue weighted by atomic mass is 19.1. The third kappa shape index (κ3) is 5.58. The molecular weight excluding hydrogens is 471 g/mol. The van der Waals surface area contributed by atoms with Crippen molar-refractivity contribution in [3.63, 3.8) is 0 Å². The van der Waals surface area contributed by atoms with Crippen molar-refractivity contribution < 1.29 is 18.3 Å². The lowest BCUT2D eigenvalue weighted by atomic mass is 10.2. The van der Waals surface area contributed by atoms with Crippen LogP contribution in [0.25, 0.3) is 5.69 Å². The normalized spacial score (nSPS) is 13.4. The summed E-state index contributed by atoms with van der Waals surface area (Å²) in [6.45, 7) is 6.20. The fourth-order valence-corrected chi connectivity index (χ4v) is 4.51. The van der Waals surface area contributed by atoms with E-state index in [-0.39, 0.29) is 18.2 Å². The van der Waals surface area contributed by atoms with Crippen LogP contribution in [0.2, 0.25) is 0 Å². The third-order valence-electron chi connectivity index (χ3n) is 6.46. The standard InChI is InChI=1S/C29H29FN4O3/c1-20-5-6-21(2)34(20)23-9-11-25(12-10-23)36-19-26-13-14-28(37-26)29(35)32-31-18-22-7-8-24(17-27(22)30)33-15-3-4-16-33/h5-14,17-18H,3-4,15-16,19H2,1-2H3,(H,32,35)/b31-18+. The van der Waals surface area contributed by atoms with E-state index in [1.54, 1.807) is 18.2 Å². The second kappa shape index (κ2) is 10.7. The molecule has 3 heterocycles. The Kier molecular flexibility index (Phi) is 7.07. The average molecular weight is 501 g/mol. The monoisotopic (exact) mass is 500 g/mol. The fraction of sp³-hybridized carbons (Fsp3) is 0.241. The van der Waals surface area contributed by atoms with Gasteiger partial charge in [-0.05, 0) is 93.4 Å². The molecule has 5 rings (SSSR count). The molecule has 0 saturated carbocycles. The molecule has 1 aliphatic heterocycles. The Bertz CT molecular complexity index is 1400. The van der Waals surface area contributed by atoms with Crippen molar-refractivity contribution in [2.75, 3.05) is 18.0 Å². The molecule has 1 N–H and O–H groups in total. The van der Waals surface area contributed by atoms with E-state index in [2.05, 4.69) is 46.0 Å². The molecule has 0 atom stereocenters. The second-order valence-corrected chi connectivity index (χ2v) is 9.10. The van der Waals surface area contributed by atoms with Crippen LogP contribution in [-0.2, 0) is 6.61 Å². The molecule has 8 heteroatoms. The number of hydrogen-bond acceptors (Lipinski definition) is 5. The molecule has 37 heavy (non-hydrogen) atoms. The number of furan rings is 1. The summed E-state index contributed by atoms with van der Waals surface area (Å²) in [6, 6.07) is 20.2. The number of ether oxygens (including phenoxy) is 1. The smallest absolute Gasteiger partial charge is 0.307 e. The van der Waals surface area contributed by atoms with Gasteiger partial charge in [0.05, 0.1) is 6.21 Å². The minimum Gasteiger partial charge on any atom is -0.486 e. The zero-order valence-electron chi connectivity index (χ0n) is 20.9. The van der Waals surface area contributed by atoms with E-state index in [1.807, 2.05) is 30.3 Å². The first kappa shape index (κ1) is 24.4. The minimum absolute atomic E-state index is 0.0921. The van der Waals surface area contributed by atoms with Gasteiger partial charge in [0.15, 0.2) is 5.76 Å². The van der Waals surface area contributed by atoms with E-state index in [9.17, 15) is 9.18 Å². The lowest BCUT2D eigenvalue weighted by Gasteiger charge is -2.17. The molecule has 1 fully saturated rings. The molecule has 7 nitrogen and oxygen atoms in total. The van der Waals surface area contributed by atoms with Gasteiger partial charge in [-0.3, -0.25) is 4.79 Å². The molecule has 0 bridgehead atoms. The van der Waals surface area contributed by atoms with Crippen molar-refractivity contribution in [1.29, 1.82) is 0 Å². The number of hydrazone groups is 1. The molecule has 1 amide bonds. The Morgan fingerprint density at radius 2 is 1.70 bits per heavy atom. The second-order valence-electron chi connectivity index (χ2n) is 9.10. The summed E-state index contributed by atoms with van der Waals surface area (Å²) in [7, 11) is 0. The number of amides is 1. The number of anilines is 1. The topological polar surface area (TPSA) is 72.0 Å². The zero-order valence-corrected chi connectivity index (χ0v) is 20.9. The van der Waals surface area contributed by atoms with E-state index in [0.717, 1.165) is 48.7 Å². The summed E-state index contributed by atoms with van der Waals surface area (Å²) in [5, 5.41) is 3.88. The van der Waals surface area contributed by atoms with E-state index < -0.39 is 5.91 Å². The highest BCUT2D eigenvalue weighted by Gasteiger charge is 2.14. The van der Waals surface area contributed by atoms with E-state index in [4.69, 9.17) is 9.15 Å². The number of benzene rings is 2. The quantitative estimate of drug-likeness (QED) is 0.246. The molecule has 1 aliphatic rings. The first-order chi connectivity index (χ1) is 18.0. The molecule has 0 radical (unpaired) electrons. The summed E-state index contributed by atoms with van der Waals surface area (Å²) >= 11 is 0. The van der Waals surface area contributed by atoms with E-state index in [0.29, 0.717) is 17.1 Å². The Morgan fingerprint density at radius 3 is 2.41 bits per heavy atom. The fourth-order valence-electron chi connectivity index (χ4n) is 4.51. The summed E-state index contributed by atoms with van der Waals surface area (Å²) in [5.74, 6) is 0.370. The lowest BCUT2D eigenvalue weighted by Crippen LogP contribution is -2.18. The number of nitrogens with zero attached hydrogens (tertiary/aromatic N) is 3. The molecule has 4 aromatic rings. The van der Waals surface area contributed by atoms with Crippen molar-refractivity contribution in [3.8, 4) is 11.4 Å². The predicted molar refractivity (Wildman–Crippen MR) is 141 cm³/mol. The van der Waals surface area contributed by atoms with Crippen LogP contribution in [-0.4, -0.2) is 29.8 Å². The number of rotatable bonds is 8. The molecule has 1 saturated heterocycles. The number of carbonyl (C=O) groups excluding carboxylic acids is 1. The van der Waals surface area contributed by atoms with Crippen LogP contribution < -0.4 is 15.1 Å².